The van der Waals surface area contributed by atoms with E-state index in [-0.39, 0.29) is 23.6 Å². The number of sulfonamides is 1. The number of ether oxygens (including phenoxy) is 1. The Kier molecular flexibility index (Phi) is 7.69. The van der Waals surface area contributed by atoms with E-state index in [1.807, 2.05) is 6.07 Å². The topological polar surface area (TPSA) is 128 Å². The van der Waals surface area contributed by atoms with Crippen LogP contribution in [-0.4, -0.2) is 36.6 Å². The van der Waals surface area contributed by atoms with Gasteiger partial charge in [0.1, 0.15) is 11.8 Å². The molecule has 1 amide bonds. The lowest BCUT2D eigenvalue weighted by molar-refractivity contribution is -0.122. The number of methoxy groups -OCH3 is 1. The standard InChI is InChI=1S/C23H26N4O6S/c1-26-17(14-21(28)27(2)23(26)30)15-24-22(29)20(13-16-7-5-4-6-8-16)25-34(31,32)19-11-9-18(33-3)10-12-19/h4-12,14,20,25H,13,15H2,1-3H3,(H,24,29). The van der Waals surface area contributed by atoms with Crippen LogP contribution in [0.2, 0.25) is 0 Å². The van der Waals surface area contributed by atoms with Crippen LogP contribution in [0.1, 0.15) is 11.3 Å². The molecule has 1 aromatic heterocycles. The molecular weight excluding hydrogens is 460 g/mol. The summed E-state index contributed by atoms with van der Waals surface area (Å²) in [5, 5.41) is 2.63. The molecule has 1 unspecified atom stereocenters. The Hall–Kier alpha value is -3.70. The molecule has 1 atom stereocenters. The van der Waals surface area contributed by atoms with Crippen molar-refractivity contribution in [3.8, 4) is 5.75 Å². The highest BCUT2D eigenvalue weighted by molar-refractivity contribution is 7.89. The number of rotatable bonds is 9. The molecule has 2 aromatic carbocycles. The lowest BCUT2D eigenvalue weighted by Crippen LogP contribution is -2.48. The minimum Gasteiger partial charge on any atom is -0.497 e. The van der Waals surface area contributed by atoms with Crippen LogP contribution in [0.4, 0.5) is 0 Å². The molecule has 0 bridgehead atoms. The molecule has 0 saturated carbocycles. The predicted octanol–water partition coefficient (Wildman–Crippen LogP) is 0.299. The van der Waals surface area contributed by atoms with Crippen LogP contribution in [0.15, 0.2) is 75.1 Å². The van der Waals surface area contributed by atoms with Crippen molar-refractivity contribution in [3.05, 3.63) is 92.8 Å². The van der Waals surface area contributed by atoms with Crippen molar-refractivity contribution in [2.45, 2.75) is 23.9 Å². The fraction of sp³-hybridized carbons (Fsp3) is 0.261. The summed E-state index contributed by atoms with van der Waals surface area (Å²) >= 11 is 0. The molecule has 0 spiro atoms. The van der Waals surface area contributed by atoms with Gasteiger partial charge in [0.05, 0.1) is 18.6 Å². The van der Waals surface area contributed by atoms with E-state index < -0.39 is 33.2 Å². The number of benzene rings is 2. The SMILES string of the molecule is COc1ccc(S(=O)(=O)NC(Cc2ccccc2)C(=O)NCc2cc(=O)n(C)c(=O)n2C)cc1. The van der Waals surface area contributed by atoms with Crippen molar-refractivity contribution < 1.29 is 17.9 Å². The number of carbonyl (C=O) groups is 1. The van der Waals surface area contributed by atoms with Gasteiger partial charge in [0.25, 0.3) is 5.56 Å². The number of carbonyl (C=O) groups excluding carboxylic acids is 1. The summed E-state index contributed by atoms with van der Waals surface area (Å²) in [5.74, 6) is -0.105. The molecule has 0 aliphatic carbocycles. The fourth-order valence-corrected chi connectivity index (χ4v) is 4.49. The van der Waals surface area contributed by atoms with E-state index in [4.69, 9.17) is 4.74 Å². The Morgan fingerprint density at radius 3 is 2.26 bits per heavy atom. The van der Waals surface area contributed by atoms with Gasteiger partial charge in [0.15, 0.2) is 0 Å². The van der Waals surface area contributed by atoms with E-state index in [2.05, 4.69) is 10.0 Å². The Morgan fingerprint density at radius 2 is 1.65 bits per heavy atom. The average Bonchev–Trinajstić information content (AvgIpc) is 2.84. The summed E-state index contributed by atoms with van der Waals surface area (Å²) in [4.78, 5) is 37.1. The molecule has 3 aromatic rings. The molecular formula is C23H26N4O6S. The predicted molar refractivity (Wildman–Crippen MR) is 126 cm³/mol. The number of nitrogens with zero attached hydrogens (tertiary/aromatic N) is 2. The zero-order valence-corrected chi connectivity index (χ0v) is 19.8. The van der Waals surface area contributed by atoms with Crippen LogP contribution in [0.5, 0.6) is 5.75 Å². The molecule has 3 rings (SSSR count). The minimum atomic E-state index is -4.03. The summed E-state index contributed by atoms with van der Waals surface area (Å²) < 4.78 is 35.7. The van der Waals surface area contributed by atoms with Crippen LogP contribution in [-0.2, 0) is 41.9 Å². The third-order valence-electron chi connectivity index (χ3n) is 5.34. The summed E-state index contributed by atoms with van der Waals surface area (Å²) in [6.07, 6.45) is 0.0948. The first-order valence-corrected chi connectivity index (χ1v) is 11.8. The van der Waals surface area contributed by atoms with Crippen molar-refractivity contribution in [1.82, 2.24) is 19.2 Å². The Labute approximate surface area is 196 Å². The second-order valence-corrected chi connectivity index (χ2v) is 9.35. The fourth-order valence-electron chi connectivity index (χ4n) is 3.30. The van der Waals surface area contributed by atoms with Gasteiger partial charge in [-0.05, 0) is 36.2 Å². The van der Waals surface area contributed by atoms with E-state index in [0.717, 1.165) is 10.1 Å². The number of aromatic nitrogens is 2. The highest BCUT2D eigenvalue weighted by Gasteiger charge is 2.26. The Morgan fingerprint density at radius 1 is 1.00 bits per heavy atom. The molecule has 0 aliphatic heterocycles. The number of amides is 1. The Balaban J connectivity index is 1.84. The van der Waals surface area contributed by atoms with Crippen molar-refractivity contribution in [2.24, 2.45) is 14.1 Å². The van der Waals surface area contributed by atoms with Gasteiger partial charge in [-0.3, -0.25) is 18.7 Å². The summed E-state index contributed by atoms with van der Waals surface area (Å²) in [7, 11) is 0.279. The quantitative estimate of drug-likeness (QED) is 0.448. The highest BCUT2D eigenvalue weighted by Crippen LogP contribution is 2.16. The van der Waals surface area contributed by atoms with E-state index in [1.54, 1.807) is 24.3 Å². The summed E-state index contributed by atoms with van der Waals surface area (Å²) in [5.41, 5.74) is 0.00479. The van der Waals surface area contributed by atoms with Gasteiger partial charge in [0.2, 0.25) is 15.9 Å². The van der Waals surface area contributed by atoms with Crippen LogP contribution < -0.4 is 26.0 Å². The molecule has 0 saturated heterocycles. The minimum absolute atomic E-state index is 0.0203. The molecule has 180 valence electrons. The second kappa shape index (κ2) is 10.5. The van der Waals surface area contributed by atoms with Crippen LogP contribution in [0.3, 0.4) is 0 Å². The first kappa shape index (κ1) is 24.9. The van der Waals surface area contributed by atoms with Crippen molar-refractivity contribution in [1.29, 1.82) is 0 Å². The number of nitrogens with one attached hydrogen (secondary N) is 2. The van der Waals surface area contributed by atoms with Gasteiger partial charge < -0.3 is 10.1 Å². The van der Waals surface area contributed by atoms with Gasteiger partial charge >= 0.3 is 5.69 Å². The van der Waals surface area contributed by atoms with E-state index in [9.17, 15) is 22.8 Å². The number of hydrogen-bond acceptors (Lipinski definition) is 6. The van der Waals surface area contributed by atoms with E-state index in [1.165, 1.54) is 56.1 Å². The van der Waals surface area contributed by atoms with Gasteiger partial charge in [-0.1, -0.05) is 30.3 Å². The molecule has 0 aliphatic rings. The molecule has 34 heavy (non-hydrogen) atoms. The third-order valence-corrected chi connectivity index (χ3v) is 6.82. The van der Waals surface area contributed by atoms with Gasteiger partial charge in [-0.2, -0.15) is 4.72 Å². The van der Waals surface area contributed by atoms with Crippen LogP contribution in [0.25, 0.3) is 0 Å². The lowest BCUT2D eigenvalue weighted by Gasteiger charge is -2.19. The van der Waals surface area contributed by atoms with Crippen LogP contribution >= 0.6 is 0 Å². The van der Waals surface area contributed by atoms with Crippen molar-refractivity contribution in [3.63, 3.8) is 0 Å². The molecule has 2 N–H and O–H groups in total. The maximum atomic E-state index is 13.0. The maximum absolute atomic E-state index is 13.0. The zero-order chi connectivity index (χ0) is 24.9. The van der Waals surface area contributed by atoms with Gasteiger partial charge in [-0.25, -0.2) is 13.2 Å². The number of hydrogen-bond donors (Lipinski definition) is 2. The average molecular weight is 487 g/mol. The van der Waals surface area contributed by atoms with E-state index >= 15 is 0 Å². The second-order valence-electron chi connectivity index (χ2n) is 7.63. The van der Waals surface area contributed by atoms with Gasteiger partial charge in [-0.15, -0.1) is 0 Å². The summed E-state index contributed by atoms with van der Waals surface area (Å²) in [6, 6.07) is 14.9. The zero-order valence-electron chi connectivity index (χ0n) is 19.0. The van der Waals surface area contributed by atoms with Crippen LogP contribution in [0, 0.1) is 0 Å². The third kappa shape index (κ3) is 5.80. The summed E-state index contributed by atoms with van der Waals surface area (Å²) in [6.45, 7) is -0.129. The molecule has 1 heterocycles. The maximum Gasteiger partial charge on any atom is 0.330 e. The normalized spacial score (nSPS) is 12.2. The highest BCUT2D eigenvalue weighted by atomic mass is 32.2. The lowest BCUT2D eigenvalue weighted by atomic mass is 10.1. The molecule has 11 heteroatoms. The molecule has 10 nitrogen and oxygen atoms in total. The van der Waals surface area contributed by atoms with E-state index in [0.29, 0.717) is 5.75 Å². The monoisotopic (exact) mass is 486 g/mol. The largest absolute Gasteiger partial charge is 0.497 e. The Bertz CT molecular complexity index is 1380. The molecule has 0 fully saturated rings. The van der Waals surface area contributed by atoms with Gasteiger partial charge in [0, 0.05) is 25.9 Å². The first-order chi connectivity index (χ1) is 16.1. The first-order valence-electron chi connectivity index (χ1n) is 10.4. The molecule has 0 radical (unpaired) electrons. The van der Waals surface area contributed by atoms with Crippen molar-refractivity contribution >= 4 is 15.9 Å². The van der Waals surface area contributed by atoms with Crippen molar-refractivity contribution in [2.75, 3.05) is 7.11 Å². The smallest absolute Gasteiger partial charge is 0.330 e.